The Bertz CT molecular complexity index is 1150. The molecule has 6 heteroatoms. The van der Waals surface area contributed by atoms with E-state index in [1.807, 2.05) is 62.5 Å². The number of nitrogens with zero attached hydrogens (tertiary/aromatic N) is 4. The second-order valence-corrected chi connectivity index (χ2v) is 10.2. The van der Waals surface area contributed by atoms with Crippen molar-refractivity contribution in [3.8, 4) is 34.3 Å². The second kappa shape index (κ2) is 10.0. The van der Waals surface area contributed by atoms with Gasteiger partial charge in [-0.2, -0.15) is 5.26 Å². The van der Waals surface area contributed by atoms with Crippen molar-refractivity contribution in [2.45, 2.75) is 32.6 Å². The maximum atomic E-state index is 9.41. The molecule has 1 aliphatic rings. The minimum absolute atomic E-state index is 0.331. The zero-order valence-electron chi connectivity index (χ0n) is 19.4. The van der Waals surface area contributed by atoms with Crippen molar-refractivity contribution in [1.82, 2.24) is 14.9 Å². The fourth-order valence-electron chi connectivity index (χ4n) is 4.42. The molecule has 1 saturated heterocycles. The van der Waals surface area contributed by atoms with Gasteiger partial charge < -0.3 is 9.64 Å². The maximum absolute atomic E-state index is 9.41. The van der Waals surface area contributed by atoms with Gasteiger partial charge in [0.05, 0.1) is 24.3 Å². The molecule has 2 aromatic carbocycles. The number of benzene rings is 2. The van der Waals surface area contributed by atoms with Crippen molar-refractivity contribution in [3.05, 3.63) is 64.9 Å². The molecule has 2 heterocycles. The van der Waals surface area contributed by atoms with Gasteiger partial charge in [-0.25, -0.2) is 9.97 Å². The highest BCUT2D eigenvalue weighted by atomic mass is 79.9. The minimum Gasteiger partial charge on any atom is -0.497 e. The summed E-state index contributed by atoms with van der Waals surface area (Å²) in [5, 5.41) is 9.41. The van der Waals surface area contributed by atoms with Gasteiger partial charge in [0.2, 0.25) is 0 Å². The highest BCUT2D eigenvalue weighted by Gasteiger charge is 2.28. The van der Waals surface area contributed by atoms with E-state index < -0.39 is 0 Å². The third-order valence-corrected chi connectivity index (χ3v) is 6.73. The summed E-state index contributed by atoms with van der Waals surface area (Å²) in [6.45, 7) is 6.74. The fourth-order valence-corrected chi connectivity index (χ4v) is 4.68. The van der Waals surface area contributed by atoms with Crippen LogP contribution in [0.15, 0.2) is 59.2 Å². The van der Waals surface area contributed by atoms with Gasteiger partial charge in [-0.1, -0.05) is 40.2 Å². The lowest BCUT2D eigenvalue weighted by Crippen LogP contribution is -2.39. The third-order valence-electron chi connectivity index (χ3n) is 6.20. The average molecular weight is 505 g/mol. The van der Waals surface area contributed by atoms with Crippen molar-refractivity contribution < 1.29 is 4.74 Å². The quantitative estimate of drug-likeness (QED) is 0.393. The molecule has 0 saturated carbocycles. The fraction of sp³-hybridized carbons (Fsp3) is 0.370. The first-order valence-electron chi connectivity index (χ1n) is 11.3. The molecule has 0 spiro atoms. The van der Waals surface area contributed by atoms with Crippen LogP contribution in [-0.4, -0.2) is 41.6 Å². The van der Waals surface area contributed by atoms with E-state index in [1.54, 1.807) is 7.11 Å². The average Bonchev–Trinajstić information content (AvgIpc) is 2.84. The number of nitriles is 1. The third kappa shape index (κ3) is 5.61. The summed E-state index contributed by atoms with van der Waals surface area (Å²) in [5.41, 5.74) is 3.90. The summed E-state index contributed by atoms with van der Waals surface area (Å²) < 4.78 is 6.49. The predicted octanol–water partition coefficient (Wildman–Crippen LogP) is 6.31. The molecule has 5 nitrogen and oxygen atoms in total. The van der Waals surface area contributed by atoms with E-state index in [-0.39, 0.29) is 5.41 Å². The first-order chi connectivity index (χ1) is 15.9. The second-order valence-electron chi connectivity index (χ2n) is 9.28. The van der Waals surface area contributed by atoms with Crippen molar-refractivity contribution in [2.24, 2.45) is 5.41 Å². The van der Waals surface area contributed by atoms with Gasteiger partial charge in [0.25, 0.3) is 0 Å². The lowest BCUT2D eigenvalue weighted by Gasteiger charge is -2.35. The molecule has 33 heavy (non-hydrogen) atoms. The van der Waals surface area contributed by atoms with Gasteiger partial charge in [-0.05, 0) is 69.6 Å². The van der Waals surface area contributed by atoms with Gasteiger partial charge in [-0.15, -0.1) is 0 Å². The van der Waals surface area contributed by atoms with E-state index in [0.29, 0.717) is 5.92 Å². The normalized spacial score (nSPS) is 15.2. The molecule has 1 aliphatic heterocycles. The van der Waals surface area contributed by atoms with E-state index in [1.165, 1.54) is 0 Å². The van der Waals surface area contributed by atoms with Crippen LogP contribution in [0.3, 0.4) is 0 Å². The first-order valence-corrected chi connectivity index (χ1v) is 12.1. The number of rotatable bonds is 6. The van der Waals surface area contributed by atoms with Crippen molar-refractivity contribution in [2.75, 3.05) is 26.7 Å². The van der Waals surface area contributed by atoms with Gasteiger partial charge in [0, 0.05) is 34.3 Å². The van der Waals surface area contributed by atoms with E-state index >= 15 is 0 Å². The molecule has 0 bridgehead atoms. The number of aromatic nitrogens is 2. The lowest BCUT2D eigenvalue weighted by atomic mass is 9.87. The van der Waals surface area contributed by atoms with Crippen LogP contribution in [0, 0.1) is 16.7 Å². The topological polar surface area (TPSA) is 62.0 Å². The molecular weight excluding hydrogens is 476 g/mol. The first kappa shape index (κ1) is 23.4. The van der Waals surface area contributed by atoms with Crippen LogP contribution in [0.2, 0.25) is 0 Å². The predicted molar refractivity (Wildman–Crippen MR) is 135 cm³/mol. The molecule has 3 aromatic rings. The van der Waals surface area contributed by atoms with E-state index in [9.17, 15) is 5.26 Å². The molecule has 1 fully saturated rings. The highest BCUT2D eigenvalue weighted by molar-refractivity contribution is 9.10. The van der Waals surface area contributed by atoms with Crippen molar-refractivity contribution in [3.63, 3.8) is 0 Å². The molecule has 0 atom stereocenters. The summed E-state index contributed by atoms with van der Waals surface area (Å²) in [7, 11) is 1.69. The largest absolute Gasteiger partial charge is 0.497 e. The minimum atomic E-state index is -0.331. The molecule has 0 unspecified atom stereocenters. The van der Waals surface area contributed by atoms with Crippen LogP contribution in [0.25, 0.3) is 22.5 Å². The van der Waals surface area contributed by atoms with Crippen LogP contribution in [0.5, 0.6) is 5.75 Å². The van der Waals surface area contributed by atoms with Crippen LogP contribution >= 0.6 is 15.9 Å². The molecule has 0 radical (unpaired) electrons. The maximum Gasteiger partial charge on any atom is 0.159 e. The summed E-state index contributed by atoms with van der Waals surface area (Å²) in [4.78, 5) is 12.2. The lowest BCUT2D eigenvalue weighted by molar-refractivity contribution is 0.169. The Morgan fingerprint density at radius 1 is 1.12 bits per heavy atom. The van der Waals surface area contributed by atoms with E-state index in [4.69, 9.17) is 14.7 Å². The summed E-state index contributed by atoms with van der Waals surface area (Å²) >= 11 is 3.50. The smallest absolute Gasteiger partial charge is 0.159 e. The number of ether oxygens (including phenoxy) is 1. The Kier molecular flexibility index (Phi) is 7.11. The van der Waals surface area contributed by atoms with Gasteiger partial charge in [0.15, 0.2) is 5.82 Å². The molecule has 1 aromatic heterocycles. The molecule has 4 rings (SSSR count). The van der Waals surface area contributed by atoms with Crippen molar-refractivity contribution >= 4 is 15.9 Å². The Balaban J connectivity index is 1.67. The van der Waals surface area contributed by atoms with Crippen LogP contribution in [0.1, 0.15) is 38.3 Å². The Morgan fingerprint density at radius 3 is 2.52 bits per heavy atom. The number of halogens is 1. The van der Waals surface area contributed by atoms with Crippen LogP contribution in [-0.2, 0) is 0 Å². The highest BCUT2D eigenvalue weighted by Crippen LogP contribution is 2.36. The molecule has 0 amide bonds. The van der Waals surface area contributed by atoms with Gasteiger partial charge >= 0.3 is 0 Å². The van der Waals surface area contributed by atoms with Crippen molar-refractivity contribution in [1.29, 1.82) is 5.26 Å². The summed E-state index contributed by atoms with van der Waals surface area (Å²) in [6.07, 6.45) is 3.98. The molecule has 0 aliphatic carbocycles. The number of methoxy groups -OCH3 is 1. The van der Waals surface area contributed by atoms with E-state index in [2.05, 4.69) is 33.0 Å². The Labute approximate surface area is 204 Å². The summed E-state index contributed by atoms with van der Waals surface area (Å²) in [6, 6.07) is 18.6. The SMILES string of the molecule is COc1cccc(-c2cnc(-c3ccc(Br)cc3)nc2C2CCN(CC(C)(C)C#N)CC2)c1. The van der Waals surface area contributed by atoms with Crippen LogP contribution < -0.4 is 4.74 Å². The molecular formula is C27H29BrN4O. The summed E-state index contributed by atoms with van der Waals surface area (Å²) in [5.74, 6) is 1.91. The zero-order valence-corrected chi connectivity index (χ0v) is 21.0. The monoisotopic (exact) mass is 504 g/mol. The van der Waals surface area contributed by atoms with Gasteiger partial charge in [0.1, 0.15) is 5.75 Å². The molecule has 0 N–H and O–H groups in total. The standard InChI is InChI=1S/C27H29BrN4O/c1-27(2,17-29)18-32-13-11-19(12-14-32)25-24(21-5-4-6-23(15-21)33-3)16-30-26(31-25)20-7-9-22(28)10-8-20/h4-10,15-16,19H,11-14,18H2,1-3H3. The Hall–Kier alpha value is -2.75. The molecule has 170 valence electrons. The zero-order chi connectivity index (χ0) is 23.4. The number of hydrogen-bond acceptors (Lipinski definition) is 5. The van der Waals surface area contributed by atoms with Gasteiger partial charge in [-0.3, -0.25) is 0 Å². The number of likely N-dealkylation sites (tertiary alicyclic amines) is 1. The number of piperidine rings is 1. The van der Waals surface area contributed by atoms with Crippen LogP contribution in [0.4, 0.5) is 0 Å². The Morgan fingerprint density at radius 2 is 1.85 bits per heavy atom. The number of hydrogen-bond donors (Lipinski definition) is 0. The van der Waals surface area contributed by atoms with E-state index in [0.717, 1.165) is 70.9 Å².